The van der Waals surface area contributed by atoms with E-state index in [1.54, 1.807) is 12.1 Å². The van der Waals surface area contributed by atoms with Crippen LogP contribution in [0, 0.1) is 48.3 Å². The second-order valence-electron chi connectivity index (χ2n) is 11.1. The zero-order valence-corrected chi connectivity index (χ0v) is 25.6. The van der Waals surface area contributed by atoms with E-state index in [1.807, 2.05) is 25.1 Å². The van der Waals surface area contributed by atoms with E-state index in [1.165, 1.54) is 56.3 Å². The van der Waals surface area contributed by atoms with Crippen LogP contribution in [0.1, 0.15) is 71.0 Å². The number of hydrogen-bond donors (Lipinski definition) is 0. The normalized spacial score (nSPS) is 15.7. The van der Waals surface area contributed by atoms with E-state index in [4.69, 9.17) is 18.9 Å². The molecule has 0 unspecified atom stereocenters. The molecule has 0 radical (unpaired) electrons. The van der Waals surface area contributed by atoms with Gasteiger partial charge >= 0.3 is 0 Å². The third kappa shape index (κ3) is 10.8. The predicted octanol–water partition coefficient (Wildman–Crippen LogP) is 8.44. The molecular weight excluding hydrogens is 551 g/mol. The van der Waals surface area contributed by atoms with Gasteiger partial charge in [0.05, 0.1) is 25.7 Å². The Labute approximate surface area is 261 Å². The maximum absolute atomic E-state index is 14.4. The van der Waals surface area contributed by atoms with Gasteiger partial charge in [0.15, 0.2) is 13.6 Å². The number of ether oxygens (including phenoxy) is 4. The highest BCUT2D eigenvalue weighted by atomic mass is 19.1. The first-order chi connectivity index (χ1) is 21.5. The monoisotopic (exact) mass is 592 g/mol. The molecule has 3 aromatic carbocycles. The van der Waals surface area contributed by atoms with E-state index in [0.29, 0.717) is 23.8 Å². The molecule has 0 heterocycles. The Hall–Kier alpha value is -4.29. The van der Waals surface area contributed by atoms with Gasteiger partial charge in [-0.25, -0.2) is 4.39 Å². The van der Waals surface area contributed by atoms with Gasteiger partial charge in [0.25, 0.3) is 0 Å². The zero-order chi connectivity index (χ0) is 31.0. The fourth-order valence-electron chi connectivity index (χ4n) is 5.28. The summed E-state index contributed by atoms with van der Waals surface area (Å²) in [6.07, 6.45) is 10.1. The molecule has 4 rings (SSSR count). The van der Waals surface area contributed by atoms with Crippen molar-refractivity contribution < 1.29 is 23.3 Å². The van der Waals surface area contributed by atoms with Crippen LogP contribution in [0.2, 0.25) is 0 Å². The number of hydrogen-bond acceptors (Lipinski definition) is 4. The lowest BCUT2D eigenvalue weighted by molar-refractivity contribution is -0.0322. The minimum Gasteiger partial charge on any atom is -0.476 e. The van der Waals surface area contributed by atoms with Crippen LogP contribution in [-0.2, 0) is 32.0 Å². The van der Waals surface area contributed by atoms with Crippen molar-refractivity contribution in [3.8, 4) is 23.7 Å². The molecule has 3 aromatic rings. The molecule has 5 heteroatoms. The lowest BCUT2D eigenvalue weighted by Gasteiger charge is -2.28. The highest BCUT2D eigenvalue weighted by molar-refractivity contribution is 5.51. The van der Waals surface area contributed by atoms with E-state index >= 15 is 0 Å². The minimum atomic E-state index is -0.360. The van der Waals surface area contributed by atoms with Crippen LogP contribution in [0.25, 0.3) is 0 Å². The molecule has 0 spiro atoms. The first kappa shape index (κ1) is 32.6. The molecule has 0 saturated heterocycles. The number of halogens is 1. The molecule has 1 aliphatic rings. The van der Waals surface area contributed by atoms with Gasteiger partial charge in [-0.1, -0.05) is 67.9 Å². The SMILES string of the molecule is C=COCOCc1ccc(C#Cc2ccc(C#Cc3ccc(CCC4CCC(COCOC=C)CC4)cc3)cc2C)cc1F. The molecule has 0 bridgehead atoms. The summed E-state index contributed by atoms with van der Waals surface area (Å²) in [6.45, 7) is 10.2. The molecule has 0 aromatic heterocycles. The molecule has 44 heavy (non-hydrogen) atoms. The van der Waals surface area contributed by atoms with Gasteiger partial charge in [0, 0.05) is 27.8 Å². The molecule has 228 valence electrons. The van der Waals surface area contributed by atoms with E-state index in [0.717, 1.165) is 41.2 Å². The van der Waals surface area contributed by atoms with Crippen LogP contribution in [0.4, 0.5) is 4.39 Å². The predicted molar refractivity (Wildman–Crippen MR) is 173 cm³/mol. The van der Waals surface area contributed by atoms with Gasteiger partial charge in [-0.3, -0.25) is 0 Å². The second kappa shape index (κ2) is 17.7. The summed E-state index contributed by atoms with van der Waals surface area (Å²) in [6, 6.07) is 19.5. The van der Waals surface area contributed by atoms with Crippen LogP contribution < -0.4 is 0 Å². The third-order valence-electron chi connectivity index (χ3n) is 7.88. The van der Waals surface area contributed by atoms with E-state index < -0.39 is 0 Å². The summed E-state index contributed by atoms with van der Waals surface area (Å²) in [5.41, 5.74) is 6.25. The Morgan fingerprint density at radius 3 is 2.07 bits per heavy atom. The molecule has 1 saturated carbocycles. The van der Waals surface area contributed by atoms with Crippen LogP contribution in [0.5, 0.6) is 0 Å². The highest BCUT2D eigenvalue weighted by Gasteiger charge is 2.21. The van der Waals surface area contributed by atoms with Gasteiger partial charge in [-0.05, 0) is 98.0 Å². The summed E-state index contributed by atoms with van der Waals surface area (Å²) >= 11 is 0. The van der Waals surface area contributed by atoms with E-state index in [9.17, 15) is 4.39 Å². The fourth-order valence-corrected chi connectivity index (χ4v) is 5.28. The average molecular weight is 593 g/mol. The number of rotatable bonds is 13. The fraction of sp³-hybridized carbons (Fsp3) is 0.333. The van der Waals surface area contributed by atoms with Crippen LogP contribution in [0.3, 0.4) is 0 Å². The van der Waals surface area contributed by atoms with E-state index in [-0.39, 0.29) is 19.2 Å². The third-order valence-corrected chi connectivity index (χ3v) is 7.88. The maximum atomic E-state index is 14.4. The van der Waals surface area contributed by atoms with Crippen molar-refractivity contribution in [2.75, 3.05) is 20.2 Å². The topological polar surface area (TPSA) is 36.9 Å². The van der Waals surface area contributed by atoms with Gasteiger partial charge in [0.1, 0.15) is 5.82 Å². The molecule has 4 nitrogen and oxygen atoms in total. The minimum absolute atomic E-state index is 0.0315. The highest BCUT2D eigenvalue weighted by Crippen LogP contribution is 2.32. The molecule has 1 aliphatic carbocycles. The van der Waals surface area contributed by atoms with Crippen molar-refractivity contribution in [1.82, 2.24) is 0 Å². The van der Waals surface area contributed by atoms with Gasteiger partial charge in [-0.15, -0.1) is 0 Å². The Balaban J connectivity index is 1.24. The van der Waals surface area contributed by atoms with Crippen molar-refractivity contribution in [2.45, 2.75) is 52.1 Å². The molecular formula is C39H41FO4. The number of benzene rings is 3. The van der Waals surface area contributed by atoms with Crippen molar-refractivity contribution in [3.63, 3.8) is 0 Å². The van der Waals surface area contributed by atoms with Gasteiger partial charge in [-0.2, -0.15) is 0 Å². The Morgan fingerprint density at radius 2 is 1.36 bits per heavy atom. The molecule has 0 atom stereocenters. The second-order valence-corrected chi connectivity index (χ2v) is 11.1. The summed E-state index contributed by atoms with van der Waals surface area (Å²) in [5, 5.41) is 0. The van der Waals surface area contributed by atoms with Crippen LogP contribution in [-0.4, -0.2) is 20.2 Å². The van der Waals surface area contributed by atoms with Gasteiger partial charge in [0.2, 0.25) is 0 Å². The smallest absolute Gasteiger partial charge is 0.188 e. The first-order valence-corrected chi connectivity index (χ1v) is 15.2. The summed E-state index contributed by atoms with van der Waals surface area (Å²) in [5.74, 6) is 13.8. The van der Waals surface area contributed by atoms with Crippen LogP contribution in [0.15, 0.2) is 86.3 Å². The Morgan fingerprint density at radius 1 is 0.750 bits per heavy atom. The summed E-state index contributed by atoms with van der Waals surface area (Å²) in [7, 11) is 0. The van der Waals surface area contributed by atoms with Gasteiger partial charge < -0.3 is 18.9 Å². The zero-order valence-electron chi connectivity index (χ0n) is 25.6. The van der Waals surface area contributed by atoms with Crippen LogP contribution >= 0.6 is 0 Å². The Kier molecular flexibility index (Phi) is 13.1. The quantitative estimate of drug-likeness (QED) is 0.0864. The lowest BCUT2D eigenvalue weighted by Crippen LogP contribution is -2.19. The molecule has 0 aliphatic heterocycles. The molecule has 0 N–H and O–H groups in total. The van der Waals surface area contributed by atoms with Crippen molar-refractivity contribution in [1.29, 1.82) is 0 Å². The standard InChI is InChI=1S/C39H41FO4/c1-4-41-28-43-26-36-16-13-33(14-17-36)11-8-31-6-9-32(10-7-31)12-15-34-18-21-37(30(3)24-34)22-19-35-20-23-38(39(40)25-35)27-44-29-42-5-2/h4-7,9-10,18,20-21,23-25,33,36H,1-2,8,11,13-14,16-17,26-29H2,3H3. The summed E-state index contributed by atoms with van der Waals surface area (Å²) in [4.78, 5) is 0. The van der Waals surface area contributed by atoms with Crippen molar-refractivity contribution in [2.24, 2.45) is 11.8 Å². The number of aryl methyl sites for hydroxylation is 2. The largest absolute Gasteiger partial charge is 0.476 e. The molecule has 0 amide bonds. The lowest BCUT2D eigenvalue weighted by atomic mass is 9.80. The van der Waals surface area contributed by atoms with E-state index in [2.05, 4.69) is 61.1 Å². The Bertz CT molecular complexity index is 1500. The first-order valence-electron chi connectivity index (χ1n) is 15.2. The summed E-state index contributed by atoms with van der Waals surface area (Å²) < 4.78 is 35.2. The average Bonchev–Trinajstić information content (AvgIpc) is 3.04. The molecule has 1 fully saturated rings. The van der Waals surface area contributed by atoms with Crippen molar-refractivity contribution in [3.05, 3.63) is 131 Å². The van der Waals surface area contributed by atoms with Crippen molar-refractivity contribution >= 4 is 0 Å². The maximum Gasteiger partial charge on any atom is 0.188 e.